The van der Waals surface area contributed by atoms with Gasteiger partial charge < -0.3 is 10.1 Å². The fraction of sp³-hybridized carbons (Fsp3) is 0.273. The number of hydrogen-bond donors (Lipinski definition) is 1. The van der Waals surface area contributed by atoms with Crippen molar-refractivity contribution in [3.05, 3.63) is 58.4 Å². The second kappa shape index (κ2) is 9.58. The Morgan fingerprint density at radius 3 is 2.41 bits per heavy atom. The molecule has 0 saturated carbocycles. The standard InChI is InChI=1S/C22H21ClN2O5S2/c23-20-17-6-2-3-7-18(17)31-21(20)22(27)30-14-19(26)24-15-8-10-16(11-9-15)32(28,29)25-12-4-1-5-13-25/h2-3,6-11H,1,4-5,12-14H2,(H,24,26). The molecular formula is C22H21ClN2O5S2. The van der Waals surface area contributed by atoms with E-state index in [4.69, 9.17) is 16.3 Å². The van der Waals surface area contributed by atoms with Gasteiger partial charge in [0.1, 0.15) is 4.88 Å². The second-order valence-corrected chi connectivity index (χ2v) is 10.7. The smallest absolute Gasteiger partial charge is 0.350 e. The molecular weight excluding hydrogens is 472 g/mol. The van der Waals surface area contributed by atoms with Crippen molar-refractivity contribution in [3.63, 3.8) is 0 Å². The third-order valence-electron chi connectivity index (χ3n) is 5.15. The van der Waals surface area contributed by atoms with E-state index in [0.717, 1.165) is 29.3 Å². The zero-order chi connectivity index (χ0) is 22.7. The van der Waals surface area contributed by atoms with Crippen LogP contribution in [0.1, 0.15) is 28.9 Å². The van der Waals surface area contributed by atoms with E-state index in [-0.39, 0.29) is 9.77 Å². The third-order valence-corrected chi connectivity index (χ3v) is 8.71. The van der Waals surface area contributed by atoms with Crippen LogP contribution in [-0.2, 0) is 19.6 Å². The van der Waals surface area contributed by atoms with Crippen LogP contribution in [0, 0.1) is 0 Å². The number of rotatable bonds is 6. The molecule has 168 valence electrons. The molecule has 3 aromatic rings. The summed E-state index contributed by atoms with van der Waals surface area (Å²) in [6.45, 7) is 0.559. The van der Waals surface area contributed by atoms with E-state index in [1.807, 2.05) is 24.3 Å². The number of esters is 1. The van der Waals surface area contributed by atoms with Gasteiger partial charge in [-0.1, -0.05) is 36.2 Å². The monoisotopic (exact) mass is 492 g/mol. The van der Waals surface area contributed by atoms with E-state index in [9.17, 15) is 18.0 Å². The summed E-state index contributed by atoms with van der Waals surface area (Å²) in [6.07, 6.45) is 2.76. The summed E-state index contributed by atoms with van der Waals surface area (Å²) >= 11 is 7.47. The maximum atomic E-state index is 12.7. The molecule has 1 aromatic heterocycles. The SMILES string of the molecule is O=C(COC(=O)c1sc2ccccc2c1Cl)Nc1ccc(S(=O)(=O)N2CCCCC2)cc1. The Hall–Kier alpha value is -2.46. The Morgan fingerprint density at radius 1 is 1.03 bits per heavy atom. The van der Waals surface area contributed by atoms with Crippen LogP contribution in [0.2, 0.25) is 5.02 Å². The Balaban J connectivity index is 1.35. The number of fused-ring (bicyclic) bond motifs is 1. The predicted octanol–water partition coefficient (Wildman–Crippen LogP) is 4.52. The summed E-state index contributed by atoms with van der Waals surface area (Å²) in [4.78, 5) is 25.0. The van der Waals surface area contributed by atoms with Crippen LogP contribution in [0.25, 0.3) is 10.1 Å². The predicted molar refractivity (Wildman–Crippen MR) is 125 cm³/mol. The number of halogens is 1. The molecule has 0 unspecified atom stereocenters. The first-order valence-electron chi connectivity index (χ1n) is 10.1. The average molecular weight is 493 g/mol. The highest BCUT2D eigenvalue weighted by molar-refractivity contribution is 7.89. The highest BCUT2D eigenvalue weighted by Crippen LogP contribution is 2.35. The largest absolute Gasteiger partial charge is 0.451 e. The van der Waals surface area contributed by atoms with Crippen LogP contribution in [0.15, 0.2) is 53.4 Å². The molecule has 0 spiro atoms. The van der Waals surface area contributed by atoms with Gasteiger partial charge in [-0.05, 0) is 43.2 Å². The van der Waals surface area contributed by atoms with Crippen LogP contribution < -0.4 is 5.32 Å². The number of nitrogens with zero attached hydrogens (tertiary/aromatic N) is 1. The Kier molecular flexibility index (Phi) is 6.80. The molecule has 1 aliphatic heterocycles. The highest BCUT2D eigenvalue weighted by Gasteiger charge is 2.26. The molecule has 1 fully saturated rings. The van der Waals surface area contributed by atoms with Gasteiger partial charge in [0.15, 0.2) is 6.61 Å². The molecule has 0 aliphatic carbocycles. The minimum absolute atomic E-state index is 0.184. The summed E-state index contributed by atoms with van der Waals surface area (Å²) in [5.41, 5.74) is 0.406. The Morgan fingerprint density at radius 2 is 1.72 bits per heavy atom. The van der Waals surface area contributed by atoms with E-state index in [1.165, 1.54) is 39.9 Å². The van der Waals surface area contributed by atoms with Gasteiger partial charge in [0, 0.05) is 28.9 Å². The van der Waals surface area contributed by atoms with Crippen LogP contribution >= 0.6 is 22.9 Å². The lowest BCUT2D eigenvalue weighted by Crippen LogP contribution is -2.35. The molecule has 1 N–H and O–H groups in total. The number of carbonyl (C=O) groups excluding carboxylic acids is 2. The molecule has 10 heteroatoms. The maximum Gasteiger partial charge on any atom is 0.350 e. The summed E-state index contributed by atoms with van der Waals surface area (Å²) in [5.74, 6) is -1.21. The molecule has 0 atom stereocenters. The number of amides is 1. The molecule has 2 aromatic carbocycles. The van der Waals surface area contributed by atoms with Crippen molar-refractivity contribution < 1.29 is 22.7 Å². The van der Waals surface area contributed by atoms with Gasteiger partial charge in [-0.2, -0.15) is 4.31 Å². The molecule has 2 heterocycles. The molecule has 1 saturated heterocycles. The molecule has 7 nitrogen and oxygen atoms in total. The number of piperidine rings is 1. The van der Waals surface area contributed by atoms with E-state index in [1.54, 1.807) is 0 Å². The van der Waals surface area contributed by atoms with Crippen molar-refractivity contribution >= 4 is 60.6 Å². The number of carbonyl (C=O) groups is 2. The van der Waals surface area contributed by atoms with Gasteiger partial charge in [0.05, 0.1) is 9.92 Å². The van der Waals surface area contributed by atoms with Gasteiger partial charge in [-0.15, -0.1) is 11.3 Å². The van der Waals surface area contributed by atoms with Gasteiger partial charge in [-0.25, -0.2) is 13.2 Å². The van der Waals surface area contributed by atoms with Gasteiger partial charge >= 0.3 is 5.97 Å². The first-order chi connectivity index (χ1) is 15.4. The van der Waals surface area contributed by atoms with E-state index in [2.05, 4.69) is 5.32 Å². The first-order valence-corrected chi connectivity index (χ1v) is 12.7. The molecule has 32 heavy (non-hydrogen) atoms. The fourth-order valence-electron chi connectivity index (χ4n) is 3.50. The number of anilines is 1. The topological polar surface area (TPSA) is 92.8 Å². The minimum atomic E-state index is -3.53. The molecule has 0 radical (unpaired) electrons. The number of hydrogen-bond acceptors (Lipinski definition) is 6. The van der Waals surface area contributed by atoms with Crippen molar-refractivity contribution in [1.29, 1.82) is 0 Å². The molecule has 1 aliphatic rings. The highest BCUT2D eigenvalue weighted by atomic mass is 35.5. The fourth-order valence-corrected chi connectivity index (χ4v) is 6.42. The van der Waals surface area contributed by atoms with Crippen molar-refractivity contribution in [1.82, 2.24) is 4.31 Å². The first kappa shape index (κ1) is 22.7. The van der Waals surface area contributed by atoms with Crippen molar-refractivity contribution in [2.75, 3.05) is 25.0 Å². The molecule has 1 amide bonds. The number of thiophene rings is 1. The minimum Gasteiger partial charge on any atom is -0.451 e. The zero-order valence-corrected chi connectivity index (χ0v) is 19.4. The van der Waals surface area contributed by atoms with Gasteiger partial charge in [0.25, 0.3) is 5.91 Å². The van der Waals surface area contributed by atoms with Gasteiger partial charge in [0.2, 0.25) is 10.0 Å². The quantitative estimate of drug-likeness (QED) is 0.510. The van der Waals surface area contributed by atoms with Crippen LogP contribution in [-0.4, -0.2) is 44.3 Å². The van der Waals surface area contributed by atoms with Crippen molar-refractivity contribution in [2.24, 2.45) is 0 Å². The number of ether oxygens (including phenoxy) is 1. The lowest BCUT2D eigenvalue weighted by atomic mass is 10.2. The summed E-state index contributed by atoms with van der Waals surface area (Å²) in [5, 5.41) is 3.66. The van der Waals surface area contributed by atoms with Gasteiger partial charge in [-0.3, -0.25) is 4.79 Å². The summed E-state index contributed by atoms with van der Waals surface area (Å²) in [6, 6.07) is 13.3. The van der Waals surface area contributed by atoms with Crippen molar-refractivity contribution in [2.45, 2.75) is 24.2 Å². The van der Waals surface area contributed by atoms with E-state index >= 15 is 0 Å². The van der Waals surface area contributed by atoms with Crippen LogP contribution in [0.3, 0.4) is 0 Å². The average Bonchev–Trinajstić information content (AvgIpc) is 3.15. The lowest BCUT2D eigenvalue weighted by molar-refractivity contribution is -0.119. The van der Waals surface area contributed by atoms with Crippen molar-refractivity contribution in [3.8, 4) is 0 Å². The Labute approximate surface area is 195 Å². The molecule has 0 bridgehead atoms. The lowest BCUT2D eigenvalue weighted by Gasteiger charge is -2.25. The summed E-state index contributed by atoms with van der Waals surface area (Å²) in [7, 11) is -3.53. The van der Waals surface area contributed by atoms with E-state index in [0.29, 0.717) is 23.8 Å². The number of nitrogens with one attached hydrogen (secondary N) is 1. The second-order valence-electron chi connectivity index (χ2n) is 7.35. The zero-order valence-electron chi connectivity index (χ0n) is 17.0. The summed E-state index contributed by atoms with van der Waals surface area (Å²) < 4.78 is 32.8. The number of sulfonamides is 1. The number of benzene rings is 2. The normalized spacial score (nSPS) is 14.9. The van der Waals surface area contributed by atoms with Crippen LogP contribution in [0.5, 0.6) is 0 Å². The van der Waals surface area contributed by atoms with E-state index < -0.39 is 28.5 Å². The molecule has 4 rings (SSSR count). The maximum absolute atomic E-state index is 12.7. The van der Waals surface area contributed by atoms with Crippen LogP contribution in [0.4, 0.5) is 5.69 Å². The Bertz CT molecular complexity index is 1250. The third kappa shape index (κ3) is 4.80.